The van der Waals surface area contributed by atoms with Crippen LogP contribution in [0, 0.1) is 5.92 Å². The quantitative estimate of drug-likeness (QED) is 0.643. The van der Waals surface area contributed by atoms with Gasteiger partial charge in [0.15, 0.2) is 9.84 Å². The summed E-state index contributed by atoms with van der Waals surface area (Å²) in [4.78, 5) is 24.1. The molecule has 0 aromatic carbocycles. The van der Waals surface area contributed by atoms with Crippen molar-refractivity contribution in [2.45, 2.75) is 70.0 Å². The first-order chi connectivity index (χ1) is 13.4. The first-order valence-electron chi connectivity index (χ1n) is 9.90. The average Bonchev–Trinajstić information content (AvgIpc) is 3.11. The number of aromatic nitrogens is 1. The van der Waals surface area contributed by atoms with Gasteiger partial charge in [0.1, 0.15) is 10.5 Å². The minimum atomic E-state index is -3.73. The van der Waals surface area contributed by atoms with Gasteiger partial charge in [-0.3, -0.25) is 14.9 Å². The third kappa shape index (κ3) is 5.66. The number of rotatable bonds is 9. The van der Waals surface area contributed by atoms with Crippen LogP contribution in [0.3, 0.4) is 0 Å². The maximum absolute atomic E-state index is 12.9. The third-order valence-corrected chi connectivity index (χ3v) is 8.46. The van der Waals surface area contributed by atoms with Gasteiger partial charge in [0.25, 0.3) is 0 Å². The summed E-state index contributed by atoms with van der Waals surface area (Å²) in [6.07, 6.45) is 2.64. The molecule has 1 aromatic rings. The predicted octanol–water partition coefficient (Wildman–Crippen LogP) is 2.88. The standard InChI is InChI=1S/C20H32N2O6S/c1-19(2,10-11-27-5)16-12-17(28-22-16)21-18(24)20(3,4)29(25,26)13-14-6-8-15(23)9-7-14/h12,14H,6-11,13H2,1-5H3,(H,21,24). The lowest BCUT2D eigenvalue weighted by molar-refractivity contribution is -0.121. The molecule has 1 aliphatic carbocycles. The monoisotopic (exact) mass is 428 g/mol. The molecule has 8 nitrogen and oxygen atoms in total. The summed E-state index contributed by atoms with van der Waals surface area (Å²) in [5.74, 6) is -0.580. The lowest BCUT2D eigenvalue weighted by Crippen LogP contribution is -2.46. The highest BCUT2D eigenvalue weighted by atomic mass is 32.2. The minimum absolute atomic E-state index is 0.0942. The van der Waals surface area contributed by atoms with Crippen molar-refractivity contribution in [3.8, 4) is 0 Å². The van der Waals surface area contributed by atoms with Crippen LogP contribution in [-0.2, 0) is 29.6 Å². The van der Waals surface area contributed by atoms with E-state index in [9.17, 15) is 18.0 Å². The fourth-order valence-corrected chi connectivity index (χ4v) is 4.93. The molecule has 1 N–H and O–H groups in total. The van der Waals surface area contributed by atoms with E-state index >= 15 is 0 Å². The predicted molar refractivity (Wildman–Crippen MR) is 109 cm³/mol. The van der Waals surface area contributed by atoms with Gasteiger partial charge in [-0.25, -0.2) is 8.42 Å². The summed E-state index contributed by atoms with van der Waals surface area (Å²) >= 11 is 0. The van der Waals surface area contributed by atoms with Crippen molar-refractivity contribution in [2.24, 2.45) is 5.92 Å². The van der Waals surface area contributed by atoms with E-state index in [0.29, 0.717) is 44.4 Å². The van der Waals surface area contributed by atoms with Gasteiger partial charge in [0.2, 0.25) is 11.8 Å². The van der Waals surface area contributed by atoms with Crippen molar-refractivity contribution in [2.75, 3.05) is 24.8 Å². The lowest BCUT2D eigenvalue weighted by atomic mass is 9.86. The minimum Gasteiger partial charge on any atom is -0.385 e. The summed E-state index contributed by atoms with van der Waals surface area (Å²) in [5, 5.41) is 6.56. The molecule has 29 heavy (non-hydrogen) atoms. The van der Waals surface area contributed by atoms with E-state index in [4.69, 9.17) is 9.26 Å². The number of ketones is 1. The van der Waals surface area contributed by atoms with Crippen LogP contribution in [0.2, 0.25) is 0 Å². The van der Waals surface area contributed by atoms with Crippen LogP contribution in [0.5, 0.6) is 0 Å². The Morgan fingerprint density at radius 2 is 1.90 bits per heavy atom. The van der Waals surface area contributed by atoms with Gasteiger partial charge < -0.3 is 9.26 Å². The molecule has 1 fully saturated rings. The Morgan fingerprint density at radius 1 is 1.28 bits per heavy atom. The topological polar surface area (TPSA) is 116 Å². The van der Waals surface area contributed by atoms with Crippen molar-refractivity contribution in [3.05, 3.63) is 11.8 Å². The third-order valence-electron chi connectivity index (χ3n) is 5.81. The number of nitrogens with one attached hydrogen (secondary N) is 1. The van der Waals surface area contributed by atoms with Gasteiger partial charge in [0.05, 0.1) is 11.4 Å². The lowest BCUT2D eigenvalue weighted by Gasteiger charge is -2.27. The van der Waals surface area contributed by atoms with E-state index in [1.54, 1.807) is 13.2 Å². The number of hydrogen-bond acceptors (Lipinski definition) is 7. The zero-order chi connectivity index (χ0) is 21.9. The van der Waals surface area contributed by atoms with Crippen LogP contribution in [0.1, 0.15) is 65.5 Å². The Hall–Kier alpha value is -1.74. The van der Waals surface area contributed by atoms with Crippen LogP contribution in [0.25, 0.3) is 0 Å². The average molecular weight is 429 g/mol. The first kappa shape index (κ1) is 23.5. The van der Waals surface area contributed by atoms with E-state index in [1.807, 2.05) is 13.8 Å². The Labute approximate surface area is 172 Å². The number of hydrogen-bond donors (Lipinski definition) is 1. The molecule has 1 aliphatic rings. The summed E-state index contributed by atoms with van der Waals surface area (Å²) in [5.41, 5.74) is 0.333. The zero-order valence-electron chi connectivity index (χ0n) is 17.9. The smallest absolute Gasteiger partial charge is 0.247 e. The summed E-state index contributed by atoms with van der Waals surface area (Å²) in [6.45, 7) is 7.31. The van der Waals surface area contributed by atoms with Crippen molar-refractivity contribution in [1.29, 1.82) is 0 Å². The number of Topliss-reactive ketones (excluding diaryl/α,β-unsaturated/α-hetero) is 1. The van der Waals surface area contributed by atoms with E-state index in [0.717, 1.165) is 0 Å². The number of amides is 1. The van der Waals surface area contributed by atoms with Gasteiger partial charge in [0, 0.05) is 38.0 Å². The zero-order valence-corrected chi connectivity index (χ0v) is 18.7. The van der Waals surface area contributed by atoms with Crippen LogP contribution in [-0.4, -0.2) is 49.5 Å². The second kappa shape index (κ2) is 8.95. The first-order valence-corrected chi connectivity index (χ1v) is 11.6. The molecule has 0 atom stereocenters. The second-order valence-corrected chi connectivity index (χ2v) is 11.5. The van der Waals surface area contributed by atoms with E-state index in [-0.39, 0.29) is 28.8 Å². The second-order valence-electron chi connectivity index (χ2n) is 8.93. The molecule has 1 amide bonds. The molecule has 164 valence electrons. The Morgan fingerprint density at radius 3 is 2.48 bits per heavy atom. The van der Waals surface area contributed by atoms with Gasteiger partial charge in [-0.2, -0.15) is 0 Å². The van der Waals surface area contributed by atoms with Gasteiger partial charge >= 0.3 is 0 Å². The molecular formula is C20H32N2O6S. The molecule has 0 bridgehead atoms. The SMILES string of the molecule is COCCC(C)(C)c1cc(NC(=O)C(C)(C)S(=O)(=O)CC2CCC(=O)CC2)on1. The van der Waals surface area contributed by atoms with E-state index < -0.39 is 20.5 Å². The summed E-state index contributed by atoms with van der Waals surface area (Å²) in [6, 6.07) is 1.61. The Balaban J connectivity index is 2.06. The molecule has 0 radical (unpaired) electrons. The molecule has 9 heteroatoms. The van der Waals surface area contributed by atoms with Crippen molar-refractivity contribution in [3.63, 3.8) is 0 Å². The normalized spacial score (nSPS) is 16.8. The van der Waals surface area contributed by atoms with Crippen LogP contribution in [0.15, 0.2) is 10.6 Å². The molecule has 0 aliphatic heterocycles. The Kier molecular flexibility index (Phi) is 7.27. The molecular weight excluding hydrogens is 396 g/mol. The highest BCUT2D eigenvalue weighted by Gasteiger charge is 2.43. The van der Waals surface area contributed by atoms with Crippen molar-refractivity contribution < 1.29 is 27.3 Å². The van der Waals surface area contributed by atoms with E-state index in [1.165, 1.54) is 13.8 Å². The van der Waals surface area contributed by atoms with Crippen LogP contribution < -0.4 is 5.32 Å². The fraction of sp³-hybridized carbons (Fsp3) is 0.750. The van der Waals surface area contributed by atoms with Gasteiger partial charge in [-0.1, -0.05) is 19.0 Å². The molecule has 0 spiro atoms. The molecule has 1 heterocycles. The number of nitrogens with zero attached hydrogens (tertiary/aromatic N) is 1. The van der Waals surface area contributed by atoms with Crippen LogP contribution >= 0.6 is 0 Å². The largest absolute Gasteiger partial charge is 0.385 e. The maximum atomic E-state index is 12.9. The summed E-state index contributed by atoms with van der Waals surface area (Å²) < 4.78 is 34.5. The number of carbonyl (C=O) groups is 2. The molecule has 2 rings (SSSR count). The number of sulfone groups is 1. The number of methoxy groups -OCH3 is 1. The number of ether oxygens (including phenoxy) is 1. The summed E-state index contributed by atoms with van der Waals surface area (Å²) in [7, 11) is -2.11. The molecule has 0 saturated heterocycles. The van der Waals surface area contributed by atoms with Crippen molar-refractivity contribution >= 4 is 27.4 Å². The number of carbonyl (C=O) groups excluding carboxylic acids is 2. The molecule has 1 saturated carbocycles. The van der Waals surface area contributed by atoms with Crippen molar-refractivity contribution in [1.82, 2.24) is 5.16 Å². The Bertz CT molecular complexity index is 831. The number of anilines is 1. The highest BCUT2D eigenvalue weighted by Crippen LogP contribution is 2.30. The van der Waals surface area contributed by atoms with E-state index in [2.05, 4.69) is 10.5 Å². The van der Waals surface area contributed by atoms with Gasteiger partial charge in [-0.15, -0.1) is 0 Å². The fourth-order valence-electron chi connectivity index (χ4n) is 3.23. The van der Waals surface area contributed by atoms with Crippen LogP contribution in [0.4, 0.5) is 5.88 Å². The maximum Gasteiger partial charge on any atom is 0.247 e. The highest BCUT2D eigenvalue weighted by molar-refractivity contribution is 7.93. The molecule has 0 unspecified atom stereocenters. The van der Waals surface area contributed by atoms with Gasteiger partial charge in [-0.05, 0) is 39.0 Å². The molecule has 1 aromatic heterocycles.